The molecule has 0 aliphatic heterocycles. The third-order valence-electron chi connectivity index (χ3n) is 3.53. The number of nitrogens with one attached hydrogen (secondary N) is 1. The van der Waals surface area contributed by atoms with Gasteiger partial charge in [-0.25, -0.2) is 4.68 Å². The van der Waals surface area contributed by atoms with Crippen molar-refractivity contribution in [3.63, 3.8) is 0 Å². The summed E-state index contributed by atoms with van der Waals surface area (Å²) < 4.78 is 1.41. The summed E-state index contributed by atoms with van der Waals surface area (Å²) in [4.78, 5) is 14.1. The van der Waals surface area contributed by atoms with Crippen molar-refractivity contribution in [3.8, 4) is 0 Å². The van der Waals surface area contributed by atoms with Crippen LogP contribution in [0.5, 0.6) is 0 Å². The average Bonchev–Trinajstić information content (AvgIpc) is 3.12. The van der Waals surface area contributed by atoms with Gasteiger partial charge in [-0.15, -0.1) is 0 Å². The van der Waals surface area contributed by atoms with Gasteiger partial charge in [0.25, 0.3) is 5.56 Å². The van der Waals surface area contributed by atoms with Gasteiger partial charge in [0, 0.05) is 12.6 Å². The maximum Gasteiger partial charge on any atom is 0.287 e. The van der Waals surface area contributed by atoms with Crippen LogP contribution in [-0.4, -0.2) is 41.4 Å². The summed E-state index contributed by atoms with van der Waals surface area (Å²) in [6.45, 7) is 3.48. The normalized spacial score (nSPS) is 21.7. The van der Waals surface area contributed by atoms with Gasteiger partial charge in [-0.2, -0.15) is 5.10 Å². The van der Waals surface area contributed by atoms with E-state index in [4.69, 9.17) is 11.6 Å². The van der Waals surface area contributed by atoms with Gasteiger partial charge in [-0.05, 0) is 26.4 Å². The molecule has 19 heavy (non-hydrogen) atoms. The van der Waals surface area contributed by atoms with Crippen LogP contribution >= 0.6 is 11.6 Å². The molecule has 0 bridgehead atoms. The van der Waals surface area contributed by atoms with E-state index in [1.807, 2.05) is 19.0 Å². The lowest BCUT2D eigenvalue weighted by Gasteiger charge is -2.12. The highest BCUT2D eigenvalue weighted by atomic mass is 35.5. The molecule has 2 atom stereocenters. The van der Waals surface area contributed by atoms with Crippen molar-refractivity contribution in [2.45, 2.75) is 32.4 Å². The van der Waals surface area contributed by atoms with Gasteiger partial charge in [0.05, 0.1) is 18.4 Å². The molecule has 2 unspecified atom stereocenters. The highest BCUT2D eigenvalue weighted by molar-refractivity contribution is 6.32. The molecule has 106 valence electrons. The fraction of sp³-hybridized carbons (Fsp3) is 0.692. The van der Waals surface area contributed by atoms with Crippen LogP contribution in [0.3, 0.4) is 0 Å². The van der Waals surface area contributed by atoms with Gasteiger partial charge in [-0.1, -0.05) is 24.9 Å². The highest BCUT2D eigenvalue weighted by Gasteiger charge is 2.35. The molecule has 0 amide bonds. The molecule has 0 spiro atoms. The van der Waals surface area contributed by atoms with Crippen molar-refractivity contribution in [1.82, 2.24) is 14.7 Å². The van der Waals surface area contributed by atoms with E-state index in [-0.39, 0.29) is 10.6 Å². The zero-order chi connectivity index (χ0) is 14.0. The summed E-state index contributed by atoms with van der Waals surface area (Å²) in [6, 6.07) is 0.446. The average molecular weight is 285 g/mol. The van der Waals surface area contributed by atoms with Crippen molar-refractivity contribution in [3.05, 3.63) is 21.6 Å². The molecular formula is C13H21ClN4O. The Bertz CT molecular complexity index is 500. The molecule has 0 saturated heterocycles. The largest absolute Gasteiger partial charge is 0.379 e. The minimum Gasteiger partial charge on any atom is -0.379 e. The Morgan fingerprint density at radius 3 is 2.89 bits per heavy atom. The summed E-state index contributed by atoms with van der Waals surface area (Å²) in [7, 11) is 3.92. The van der Waals surface area contributed by atoms with Crippen LogP contribution in [0.1, 0.15) is 19.8 Å². The van der Waals surface area contributed by atoms with Gasteiger partial charge >= 0.3 is 0 Å². The zero-order valence-corrected chi connectivity index (χ0v) is 12.4. The molecule has 0 radical (unpaired) electrons. The molecule has 6 heteroatoms. The molecule has 1 aromatic rings. The number of hydrogen-bond donors (Lipinski definition) is 1. The Kier molecular flexibility index (Phi) is 4.47. The molecule has 1 aliphatic carbocycles. The van der Waals surface area contributed by atoms with E-state index in [0.29, 0.717) is 24.2 Å². The van der Waals surface area contributed by atoms with E-state index in [9.17, 15) is 4.79 Å². The molecule has 2 rings (SSSR count). The molecule has 5 nitrogen and oxygen atoms in total. The van der Waals surface area contributed by atoms with Crippen LogP contribution < -0.4 is 10.9 Å². The Morgan fingerprint density at radius 1 is 1.58 bits per heavy atom. The van der Waals surface area contributed by atoms with Crippen molar-refractivity contribution >= 4 is 17.3 Å². The van der Waals surface area contributed by atoms with E-state index in [2.05, 4.69) is 17.3 Å². The highest BCUT2D eigenvalue weighted by Crippen LogP contribution is 2.36. The molecule has 1 N–H and O–H groups in total. The number of halogens is 1. The molecule has 0 aromatic carbocycles. The van der Waals surface area contributed by atoms with Gasteiger partial charge in [0.1, 0.15) is 5.02 Å². The van der Waals surface area contributed by atoms with E-state index in [0.717, 1.165) is 19.4 Å². The second-order valence-corrected chi connectivity index (χ2v) is 5.74. The Hall–Kier alpha value is -1.07. The molecular weight excluding hydrogens is 264 g/mol. The monoisotopic (exact) mass is 284 g/mol. The fourth-order valence-corrected chi connectivity index (χ4v) is 2.30. The van der Waals surface area contributed by atoms with Crippen LogP contribution in [0.25, 0.3) is 0 Å². The van der Waals surface area contributed by atoms with Crippen LogP contribution in [0.15, 0.2) is 11.0 Å². The minimum absolute atomic E-state index is 0.220. The standard InChI is InChI=1S/C13H21ClN4O/c1-4-9-7-10(9)16-11-8-15-18(6-5-17(2)3)13(19)12(11)14/h8-10,16H,4-7H2,1-3H3. The zero-order valence-electron chi connectivity index (χ0n) is 11.7. The first-order valence-corrected chi connectivity index (χ1v) is 7.07. The Morgan fingerprint density at radius 2 is 2.32 bits per heavy atom. The number of hydrogen-bond acceptors (Lipinski definition) is 4. The van der Waals surface area contributed by atoms with Gasteiger partial charge in [0.2, 0.25) is 0 Å². The lowest BCUT2D eigenvalue weighted by atomic mass is 10.3. The Balaban J connectivity index is 2.07. The van der Waals surface area contributed by atoms with E-state index >= 15 is 0 Å². The minimum atomic E-state index is -0.220. The second-order valence-electron chi connectivity index (χ2n) is 5.36. The molecule has 1 heterocycles. The number of aromatic nitrogens is 2. The van der Waals surface area contributed by atoms with Crippen molar-refractivity contribution in [1.29, 1.82) is 0 Å². The molecule has 1 saturated carbocycles. The summed E-state index contributed by atoms with van der Waals surface area (Å²) >= 11 is 6.13. The number of likely N-dealkylation sites (N-methyl/N-ethyl adjacent to an activating group) is 1. The number of nitrogens with zero attached hydrogens (tertiary/aromatic N) is 3. The topological polar surface area (TPSA) is 50.2 Å². The maximum atomic E-state index is 12.1. The maximum absolute atomic E-state index is 12.1. The summed E-state index contributed by atoms with van der Waals surface area (Å²) in [6.07, 6.45) is 3.96. The van der Waals surface area contributed by atoms with E-state index in [1.54, 1.807) is 6.20 Å². The van der Waals surface area contributed by atoms with Crippen LogP contribution in [0.2, 0.25) is 5.02 Å². The Labute approximate surface area is 118 Å². The lowest BCUT2D eigenvalue weighted by Crippen LogP contribution is -2.29. The van der Waals surface area contributed by atoms with Gasteiger partial charge in [0.15, 0.2) is 0 Å². The van der Waals surface area contributed by atoms with Gasteiger partial charge < -0.3 is 10.2 Å². The van der Waals surface area contributed by atoms with Crippen molar-refractivity contribution in [2.75, 3.05) is 26.0 Å². The lowest BCUT2D eigenvalue weighted by molar-refractivity contribution is 0.367. The molecule has 1 fully saturated rings. The van der Waals surface area contributed by atoms with Crippen molar-refractivity contribution < 1.29 is 0 Å². The summed E-state index contributed by atoms with van der Waals surface area (Å²) in [5.41, 5.74) is 0.441. The SMILES string of the molecule is CCC1CC1Nc1cnn(CCN(C)C)c(=O)c1Cl. The van der Waals surface area contributed by atoms with E-state index in [1.165, 1.54) is 4.68 Å². The summed E-state index contributed by atoms with van der Waals surface area (Å²) in [5.74, 6) is 0.701. The predicted molar refractivity (Wildman–Crippen MR) is 77.9 cm³/mol. The number of rotatable bonds is 6. The summed E-state index contributed by atoms with van der Waals surface area (Å²) in [5, 5.41) is 7.72. The first kappa shape index (κ1) is 14.3. The quantitative estimate of drug-likeness (QED) is 0.863. The van der Waals surface area contributed by atoms with Gasteiger partial charge in [-0.3, -0.25) is 4.79 Å². The van der Waals surface area contributed by atoms with Crippen LogP contribution in [0.4, 0.5) is 5.69 Å². The van der Waals surface area contributed by atoms with Crippen LogP contribution in [0, 0.1) is 5.92 Å². The molecule has 1 aromatic heterocycles. The number of anilines is 1. The fourth-order valence-electron chi connectivity index (χ4n) is 2.09. The smallest absolute Gasteiger partial charge is 0.287 e. The first-order chi connectivity index (χ1) is 9.02. The van der Waals surface area contributed by atoms with Crippen LogP contribution in [-0.2, 0) is 6.54 Å². The second kappa shape index (κ2) is 5.92. The van der Waals surface area contributed by atoms with E-state index < -0.39 is 0 Å². The molecule has 1 aliphatic rings. The third-order valence-corrected chi connectivity index (χ3v) is 3.90. The predicted octanol–water partition coefficient (Wildman–Crippen LogP) is 1.67. The van der Waals surface area contributed by atoms with Crippen molar-refractivity contribution in [2.24, 2.45) is 5.92 Å². The third kappa shape index (κ3) is 3.48. The first-order valence-electron chi connectivity index (χ1n) is 6.69.